The molecule has 5 rings (SSSR count). The minimum absolute atomic E-state index is 0.134. The van der Waals surface area contributed by atoms with Crippen LogP contribution in [0.25, 0.3) is 33.1 Å². The van der Waals surface area contributed by atoms with E-state index in [-0.39, 0.29) is 5.56 Å². The summed E-state index contributed by atoms with van der Waals surface area (Å²) >= 11 is 0. The second kappa shape index (κ2) is 6.17. The molecule has 0 amide bonds. The van der Waals surface area contributed by atoms with Gasteiger partial charge < -0.3 is 0 Å². The van der Waals surface area contributed by atoms with E-state index in [9.17, 15) is 4.79 Å². The molecule has 1 N–H and O–H groups in total. The van der Waals surface area contributed by atoms with Gasteiger partial charge in [-0.1, -0.05) is 24.3 Å². The number of nitrogens with zero attached hydrogens (tertiary/aromatic N) is 4. The molecule has 0 saturated carbocycles. The fourth-order valence-electron chi connectivity index (χ4n) is 3.27. The summed E-state index contributed by atoms with van der Waals surface area (Å²) in [5.74, 6) is 0. The van der Waals surface area contributed by atoms with Gasteiger partial charge in [-0.05, 0) is 47.0 Å². The second-order valence-electron chi connectivity index (χ2n) is 6.42. The summed E-state index contributed by atoms with van der Waals surface area (Å²) in [6, 6.07) is 17.9. The predicted molar refractivity (Wildman–Crippen MR) is 104 cm³/mol. The fourth-order valence-corrected chi connectivity index (χ4v) is 3.27. The molecule has 130 valence electrons. The number of rotatable bonds is 3. The number of aromatic nitrogens is 5. The Morgan fingerprint density at radius 2 is 1.89 bits per heavy atom. The van der Waals surface area contributed by atoms with Crippen LogP contribution < -0.4 is 5.56 Å². The van der Waals surface area contributed by atoms with Crippen molar-refractivity contribution in [3.05, 3.63) is 89.2 Å². The number of H-pyrrole nitrogens is 1. The number of aromatic amines is 1. The van der Waals surface area contributed by atoms with E-state index >= 15 is 0 Å². The van der Waals surface area contributed by atoms with E-state index in [1.807, 2.05) is 24.4 Å². The number of hydrogen-bond donors (Lipinski definition) is 1. The largest absolute Gasteiger partial charge is 0.293 e. The van der Waals surface area contributed by atoms with Gasteiger partial charge in [0.2, 0.25) is 0 Å². The topological polar surface area (TPSA) is 76.5 Å². The third-order valence-corrected chi connectivity index (χ3v) is 4.64. The van der Waals surface area contributed by atoms with Crippen LogP contribution in [-0.2, 0) is 6.54 Å². The molecule has 0 saturated heterocycles. The van der Waals surface area contributed by atoms with Gasteiger partial charge in [-0.2, -0.15) is 5.10 Å². The Morgan fingerprint density at radius 1 is 0.963 bits per heavy atom. The average Bonchev–Trinajstić information content (AvgIpc) is 3.18. The highest BCUT2D eigenvalue weighted by atomic mass is 16.1. The van der Waals surface area contributed by atoms with Gasteiger partial charge in [0.05, 0.1) is 30.1 Å². The van der Waals surface area contributed by atoms with Crippen LogP contribution in [0.5, 0.6) is 0 Å². The molecular weight excluding hydrogens is 338 g/mol. The van der Waals surface area contributed by atoms with Crippen LogP contribution in [-0.4, -0.2) is 24.7 Å². The first-order valence-corrected chi connectivity index (χ1v) is 8.60. The molecule has 5 aromatic rings. The molecule has 0 aliphatic heterocycles. The molecule has 0 atom stereocenters. The maximum absolute atomic E-state index is 12.7. The first-order chi connectivity index (χ1) is 13.3. The lowest BCUT2D eigenvalue weighted by Crippen LogP contribution is -2.21. The van der Waals surface area contributed by atoms with Crippen LogP contribution in [0.2, 0.25) is 0 Å². The predicted octanol–water partition coefficient (Wildman–Crippen LogP) is 3.38. The Balaban J connectivity index is 1.52. The van der Waals surface area contributed by atoms with Crippen LogP contribution in [0.4, 0.5) is 0 Å². The van der Waals surface area contributed by atoms with E-state index < -0.39 is 0 Å². The quantitative estimate of drug-likeness (QED) is 0.539. The van der Waals surface area contributed by atoms with Crippen molar-refractivity contribution in [1.82, 2.24) is 24.7 Å². The molecule has 0 aliphatic rings. The number of pyridine rings is 1. The second-order valence-corrected chi connectivity index (χ2v) is 6.42. The van der Waals surface area contributed by atoms with Crippen molar-refractivity contribution in [2.75, 3.05) is 0 Å². The highest BCUT2D eigenvalue weighted by Gasteiger charge is 2.07. The summed E-state index contributed by atoms with van der Waals surface area (Å²) < 4.78 is 1.59. The van der Waals surface area contributed by atoms with Crippen LogP contribution in [0, 0.1) is 0 Å². The van der Waals surface area contributed by atoms with E-state index in [4.69, 9.17) is 0 Å². The van der Waals surface area contributed by atoms with Gasteiger partial charge in [0.25, 0.3) is 5.56 Å². The molecule has 0 spiro atoms. The molecule has 0 radical (unpaired) electrons. The van der Waals surface area contributed by atoms with Crippen molar-refractivity contribution >= 4 is 21.9 Å². The summed E-state index contributed by atoms with van der Waals surface area (Å²) in [5, 5.41) is 8.10. The van der Waals surface area contributed by atoms with Crippen molar-refractivity contribution in [2.45, 2.75) is 6.54 Å². The lowest BCUT2D eigenvalue weighted by atomic mass is 10.0. The molecule has 27 heavy (non-hydrogen) atoms. The number of nitrogens with one attached hydrogen (secondary N) is 1. The standard InChI is InChI=1S/C21H15N5O/c27-21-20-19(5-2-8-22-20)23-13-26(21)12-14-3-1-4-15(9-14)16-6-7-18-17(10-16)11-24-25-18/h1-11,13H,12H2,(H,24,25). The Morgan fingerprint density at radius 3 is 2.85 bits per heavy atom. The first kappa shape index (κ1) is 15.5. The van der Waals surface area contributed by atoms with Crippen LogP contribution in [0.3, 0.4) is 0 Å². The average molecular weight is 353 g/mol. The fraction of sp³-hybridized carbons (Fsp3) is 0.0476. The first-order valence-electron chi connectivity index (χ1n) is 8.60. The van der Waals surface area contributed by atoms with Crippen LogP contribution in [0.1, 0.15) is 5.56 Å². The van der Waals surface area contributed by atoms with Crippen molar-refractivity contribution in [3.8, 4) is 11.1 Å². The van der Waals surface area contributed by atoms with Crippen molar-refractivity contribution in [2.24, 2.45) is 0 Å². The molecule has 6 heteroatoms. The van der Waals surface area contributed by atoms with E-state index in [1.165, 1.54) is 0 Å². The van der Waals surface area contributed by atoms with Crippen LogP contribution >= 0.6 is 0 Å². The summed E-state index contributed by atoms with van der Waals surface area (Å²) in [4.78, 5) is 21.2. The van der Waals surface area contributed by atoms with E-state index in [0.29, 0.717) is 17.6 Å². The van der Waals surface area contributed by atoms with Crippen molar-refractivity contribution in [1.29, 1.82) is 0 Å². The molecule has 0 bridgehead atoms. The molecule has 3 aromatic heterocycles. The van der Waals surface area contributed by atoms with Gasteiger partial charge in [0, 0.05) is 11.6 Å². The third kappa shape index (κ3) is 2.77. The monoisotopic (exact) mass is 353 g/mol. The minimum Gasteiger partial charge on any atom is -0.293 e. The molecular formula is C21H15N5O. The molecule has 2 aromatic carbocycles. The smallest absolute Gasteiger partial charge is 0.280 e. The Labute approximate surface area is 154 Å². The molecule has 0 fully saturated rings. The SMILES string of the molecule is O=c1c2ncccc2ncn1Cc1cccc(-c2ccc3[nH]ncc3c2)c1. The molecule has 3 heterocycles. The van der Waals surface area contributed by atoms with Crippen LogP contribution in [0.15, 0.2) is 78.1 Å². The van der Waals surface area contributed by atoms with Crippen molar-refractivity contribution < 1.29 is 0 Å². The maximum Gasteiger partial charge on any atom is 0.280 e. The maximum atomic E-state index is 12.7. The van der Waals surface area contributed by atoms with E-state index in [1.54, 1.807) is 29.2 Å². The Hall–Kier alpha value is -3.80. The zero-order valence-corrected chi connectivity index (χ0v) is 14.3. The van der Waals surface area contributed by atoms with E-state index in [2.05, 4.69) is 44.4 Å². The van der Waals surface area contributed by atoms with Gasteiger partial charge >= 0.3 is 0 Å². The molecule has 6 nitrogen and oxygen atoms in total. The van der Waals surface area contributed by atoms with E-state index in [0.717, 1.165) is 27.6 Å². The lowest BCUT2D eigenvalue weighted by molar-refractivity contribution is 0.746. The number of fused-ring (bicyclic) bond motifs is 2. The Bertz CT molecular complexity index is 1340. The molecule has 0 unspecified atom stereocenters. The van der Waals surface area contributed by atoms with Gasteiger partial charge in [0.15, 0.2) is 5.52 Å². The summed E-state index contributed by atoms with van der Waals surface area (Å²) in [7, 11) is 0. The number of benzene rings is 2. The number of hydrogen-bond acceptors (Lipinski definition) is 4. The third-order valence-electron chi connectivity index (χ3n) is 4.64. The van der Waals surface area contributed by atoms with Gasteiger partial charge in [-0.3, -0.25) is 14.5 Å². The highest BCUT2D eigenvalue weighted by molar-refractivity contribution is 5.84. The van der Waals surface area contributed by atoms with Gasteiger partial charge in [-0.25, -0.2) is 9.97 Å². The highest BCUT2D eigenvalue weighted by Crippen LogP contribution is 2.24. The van der Waals surface area contributed by atoms with Gasteiger partial charge in [-0.15, -0.1) is 0 Å². The minimum atomic E-state index is -0.134. The lowest BCUT2D eigenvalue weighted by Gasteiger charge is -2.09. The summed E-state index contributed by atoms with van der Waals surface area (Å²) in [6.07, 6.45) is 5.01. The Kier molecular flexibility index (Phi) is 3.53. The van der Waals surface area contributed by atoms with Gasteiger partial charge in [0.1, 0.15) is 0 Å². The summed E-state index contributed by atoms with van der Waals surface area (Å²) in [6.45, 7) is 0.445. The molecule has 0 aliphatic carbocycles. The summed E-state index contributed by atoms with van der Waals surface area (Å²) in [5.41, 5.74) is 5.11. The van der Waals surface area contributed by atoms with Crippen molar-refractivity contribution in [3.63, 3.8) is 0 Å². The zero-order chi connectivity index (χ0) is 18.2. The normalized spacial score (nSPS) is 11.3. The zero-order valence-electron chi connectivity index (χ0n) is 14.3.